The van der Waals surface area contributed by atoms with Gasteiger partial charge >= 0.3 is 0 Å². The van der Waals surface area contributed by atoms with Crippen LogP contribution in [0.4, 0.5) is 4.39 Å². The van der Waals surface area contributed by atoms with Gasteiger partial charge < -0.3 is 10.3 Å². The fourth-order valence-electron chi connectivity index (χ4n) is 2.44. The molecular formula is C12H13FN2. The van der Waals surface area contributed by atoms with Crippen molar-refractivity contribution < 1.29 is 4.39 Å². The fraction of sp³-hybridized carbons (Fsp3) is 0.333. The first kappa shape index (κ1) is 8.92. The van der Waals surface area contributed by atoms with Crippen LogP contribution in [0.3, 0.4) is 0 Å². The average molecular weight is 204 g/mol. The molecule has 1 unspecified atom stereocenters. The minimum Gasteiger partial charge on any atom is -0.343 e. The number of nitrogens with two attached hydrogens (primary N) is 1. The van der Waals surface area contributed by atoms with E-state index in [0.29, 0.717) is 5.39 Å². The summed E-state index contributed by atoms with van der Waals surface area (Å²) in [5, 5.41) is 0.699. The van der Waals surface area contributed by atoms with E-state index in [1.807, 2.05) is 12.1 Å². The number of fused-ring (bicyclic) bond motifs is 3. The second-order valence-corrected chi connectivity index (χ2v) is 4.14. The molecule has 1 aromatic carbocycles. The molecule has 15 heavy (non-hydrogen) atoms. The standard InChI is InChI=1S/C12H13FN2/c13-9-3-1-5-11-8(9)7-12-10(14)4-2-6-15(11)12/h1,3,5,7,10H,2,4,6,14H2. The van der Waals surface area contributed by atoms with E-state index in [4.69, 9.17) is 5.73 Å². The zero-order chi connectivity index (χ0) is 10.4. The number of nitrogens with zero attached hydrogens (tertiary/aromatic N) is 1. The van der Waals surface area contributed by atoms with E-state index in [-0.39, 0.29) is 11.9 Å². The lowest BCUT2D eigenvalue weighted by molar-refractivity contribution is 0.471. The summed E-state index contributed by atoms with van der Waals surface area (Å²) >= 11 is 0. The van der Waals surface area contributed by atoms with Crippen LogP contribution in [0.5, 0.6) is 0 Å². The highest BCUT2D eigenvalue weighted by Crippen LogP contribution is 2.31. The van der Waals surface area contributed by atoms with Crippen LogP contribution < -0.4 is 5.73 Å². The van der Waals surface area contributed by atoms with E-state index in [1.165, 1.54) is 6.07 Å². The number of benzene rings is 1. The van der Waals surface area contributed by atoms with E-state index >= 15 is 0 Å². The molecule has 0 saturated heterocycles. The van der Waals surface area contributed by atoms with Crippen molar-refractivity contribution in [3.05, 3.63) is 35.8 Å². The molecule has 2 nitrogen and oxygen atoms in total. The number of hydrogen-bond donors (Lipinski definition) is 1. The Morgan fingerprint density at radius 2 is 2.27 bits per heavy atom. The summed E-state index contributed by atoms with van der Waals surface area (Å²) in [5.74, 6) is -0.151. The van der Waals surface area contributed by atoms with Gasteiger partial charge in [0.2, 0.25) is 0 Å². The summed E-state index contributed by atoms with van der Waals surface area (Å²) in [6, 6.07) is 7.17. The van der Waals surface area contributed by atoms with E-state index in [9.17, 15) is 4.39 Å². The molecule has 78 valence electrons. The summed E-state index contributed by atoms with van der Waals surface area (Å²) in [6.45, 7) is 0.954. The van der Waals surface area contributed by atoms with Crippen LogP contribution in [0.1, 0.15) is 24.6 Å². The maximum atomic E-state index is 13.5. The smallest absolute Gasteiger partial charge is 0.132 e. The van der Waals surface area contributed by atoms with Crippen molar-refractivity contribution in [2.75, 3.05) is 0 Å². The maximum absolute atomic E-state index is 13.5. The molecule has 1 aliphatic heterocycles. The summed E-state index contributed by atoms with van der Waals surface area (Å²) in [4.78, 5) is 0. The molecule has 1 atom stereocenters. The molecule has 2 heterocycles. The third-order valence-electron chi connectivity index (χ3n) is 3.20. The van der Waals surface area contributed by atoms with Crippen molar-refractivity contribution >= 4 is 10.9 Å². The molecular weight excluding hydrogens is 191 g/mol. The highest BCUT2D eigenvalue weighted by molar-refractivity contribution is 5.82. The van der Waals surface area contributed by atoms with Crippen molar-refractivity contribution in [2.45, 2.75) is 25.4 Å². The second-order valence-electron chi connectivity index (χ2n) is 4.14. The van der Waals surface area contributed by atoms with Gasteiger partial charge in [-0.15, -0.1) is 0 Å². The van der Waals surface area contributed by atoms with Gasteiger partial charge in [-0.05, 0) is 31.0 Å². The van der Waals surface area contributed by atoms with Crippen molar-refractivity contribution in [1.82, 2.24) is 4.57 Å². The van der Waals surface area contributed by atoms with Gasteiger partial charge in [0.15, 0.2) is 0 Å². The molecule has 0 spiro atoms. The Morgan fingerprint density at radius 1 is 1.40 bits per heavy atom. The minimum absolute atomic E-state index is 0.0607. The summed E-state index contributed by atoms with van der Waals surface area (Å²) in [5.41, 5.74) is 8.06. The van der Waals surface area contributed by atoms with E-state index in [2.05, 4.69) is 4.57 Å². The molecule has 3 heteroatoms. The molecule has 1 aliphatic rings. The van der Waals surface area contributed by atoms with Gasteiger partial charge in [0.1, 0.15) is 5.82 Å². The predicted molar refractivity (Wildman–Crippen MR) is 58.1 cm³/mol. The zero-order valence-electron chi connectivity index (χ0n) is 8.41. The van der Waals surface area contributed by atoms with Gasteiger partial charge in [0.05, 0.1) is 5.52 Å². The van der Waals surface area contributed by atoms with Gasteiger partial charge in [0.25, 0.3) is 0 Å². The zero-order valence-corrected chi connectivity index (χ0v) is 8.41. The second kappa shape index (κ2) is 3.07. The van der Waals surface area contributed by atoms with E-state index in [1.54, 1.807) is 6.07 Å². The number of aryl methyl sites for hydroxylation is 1. The minimum atomic E-state index is -0.151. The van der Waals surface area contributed by atoms with Crippen LogP contribution in [-0.4, -0.2) is 4.57 Å². The Kier molecular flexibility index (Phi) is 1.83. The van der Waals surface area contributed by atoms with Gasteiger partial charge in [-0.25, -0.2) is 4.39 Å². The molecule has 2 aromatic rings. The molecule has 2 N–H and O–H groups in total. The number of hydrogen-bond acceptors (Lipinski definition) is 1. The van der Waals surface area contributed by atoms with Crippen LogP contribution in [0, 0.1) is 5.82 Å². The maximum Gasteiger partial charge on any atom is 0.132 e. The van der Waals surface area contributed by atoms with Gasteiger partial charge in [0, 0.05) is 23.7 Å². The highest BCUT2D eigenvalue weighted by Gasteiger charge is 2.20. The first-order valence-corrected chi connectivity index (χ1v) is 5.30. The van der Waals surface area contributed by atoms with Crippen LogP contribution in [-0.2, 0) is 6.54 Å². The Hall–Kier alpha value is -1.35. The van der Waals surface area contributed by atoms with E-state index in [0.717, 1.165) is 30.6 Å². The quantitative estimate of drug-likeness (QED) is 0.702. The normalized spacial score (nSPS) is 20.5. The van der Waals surface area contributed by atoms with E-state index < -0.39 is 0 Å². The largest absolute Gasteiger partial charge is 0.343 e. The molecule has 0 bridgehead atoms. The Balaban J connectivity index is 2.35. The summed E-state index contributed by atoms with van der Waals surface area (Å²) in [6.07, 6.45) is 2.08. The van der Waals surface area contributed by atoms with Crippen LogP contribution in [0.2, 0.25) is 0 Å². The fourth-order valence-corrected chi connectivity index (χ4v) is 2.44. The molecule has 0 radical (unpaired) electrons. The third kappa shape index (κ3) is 1.20. The van der Waals surface area contributed by atoms with Gasteiger partial charge in [-0.1, -0.05) is 6.07 Å². The first-order valence-electron chi connectivity index (χ1n) is 5.30. The number of halogens is 1. The SMILES string of the molecule is NC1CCCn2c1cc1c(F)cccc12. The van der Waals surface area contributed by atoms with Crippen molar-refractivity contribution in [2.24, 2.45) is 5.73 Å². The molecule has 3 rings (SSSR count). The van der Waals surface area contributed by atoms with Crippen LogP contribution in [0.25, 0.3) is 10.9 Å². The van der Waals surface area contributed by atoms with Crippen LogP contribution in [0.15, 0.2) is 24.3 Å². The Labute approximate surface area is 87.5 Å². The lowest BCUT2D eigenvalue weighted by Gasteiger charge is -2.21. The summed E-state index contributed by atoms with van der Waals surface area (Å²) in [7, 11) is 0. The van der Waals surface area contributed by atoms with Gasteiger partial charge in [-0.2, -0.15) is 0 Å². The average Bonchev–Trinajstić information content (AvgIpc) is 2.60. The number of aromatic nitrogens is 1. The molecule has 0 aliphatic carbocycles. The Morgan fingerprint density at radius 3 is 3.13 bits per heavy atom. The lowest BCUT2D eigenvalue weighted by Crippen LogP contribution is -2.20. The monoisotopic (exact) mass is 204 g/mol. The van der Waals surface area contributed by atoms with Gasteiger partial charge in [-0.3, -0.25) is 0 Å². The lowest BCUT2D eigenvalue weighted by atomic mass is 10.1. The molecule has 0 fully saturated rings. The predicted octanol–water partition coefficient (Wildman–Crippen LogP) is 2.57. The molecule has 0 amide bonds. The third-order valence-corrected chi connectivity index (χ3v) is 3.20. The molecule has 1 aromatic heterocycles. The highest BCUT2D eigenvalue weighted by atomic mass is 19.1. The first-order chi connectivity index (χ1) is 7.27. The van der Waals surface area contributed by atoms with Crippen LogP contribution >= 0.6 is 0 Å². The van der Waals surface area contributed by atoms with Crippen molar-refractivity contribution in [1.29, 1.82) is 0 Å². The topological polar surface area (TPSA) is 30.9 Å². The van der Waals surface area contributed by atoms with Crippen molar-refractivity contribution in [3.63, 3.8) is 0 Å². The summed E-state index contributed by atoms with van der Waals surface area (Å²) < 4.78 is 15.7. The number of rotatable bonds is 0. The van der Waals surface area contributed by atoms with Crippen molar-refractivity contribution in [3.8, 4) is 0 Å². The molecule has 0 saturated carbocycles. The Bertz CT molecular complexity index is 516.